The van der Waals surface area contributed by atoms with Gasteiger partial charge in [-0.2, -0.15) is 0 Å². The second-order valence-electron chi connectivity index (χ2n) is 9.32. The van der Waals surface area contributed by atoms with Crippen LogP contribution in [-0.2, 0) is 0 Å². The maximum absolute atomic E-state index is 13.8. The predicted molar refractivity (Wildman–Crippen MR) is 172 cm³/mol. The molecule has 8 nitrogen and oxygen atoms in total. The summed E-state index contributed by atoms with van der Waals surface area (Å²) in [4.78, 5) is 55.2. The minimum atomic E-state index is -1.27. The Morgan fingerprint density at radius 2 is 0.568 bits per heavy atom. The van der Waals surface area contributed by atoms with Gasteiger partial charge in [-0.3, -0.25) is 19.2 Å². The summed E-state index contributed by atoms with van der Waals surface area (Å²) in [7, 11) is 7.81. The Labute approximate surface area is 263 Å². The monoisotopic (exact) mass is 630 g/mol. The third kappa shape index (κ3) is 7.69. The first-order valence-corrected chi connectivity index (χ1v) is 15.6. The molecule has 226 valence electrons. The first-order chi connectivity index (χ1) is 21.3. The fourth-order valence-corrected chi connectivity index (χ4v) is 6.98. The topological polar surface area (TPSA) is 105 Å². The highest BCUT2D eigenvalue weighted by molar-refractivity contribution is 8.77. The van der Waals surface area contributed by atoms with Gasteiger partial charge in [0.1, 0.15) is 33.5 Å². The van der Waals surface area contributed by atoms with E-state index in [0.29, 0.717) is 23.0 Å². The summed E-state index contributed by atoms with van der Waals surface area (Å²) in [6.07, 6.45) is 0. The van der Waals surface area contributed by atoms with Crippen LogP contribution in [0.5, 0.6) is 23.0 Å². The van der Waals surface area contributed by atoms with Gasteiger partial charge in [0.2, 0.25) is 0 Å². The van der Waals surface area contributed by atoms with Gasteiger partial charge in [0.25, 0.3) is 0 Å². The van der Waals surface area contributed by atoms with Gasteiger partial charge in [0.05, 0.1) is 28.4 Å². The molecule has 0 radical (unpaired) electrons. The molecule has 0 heterocycles. The largest absolute Gasteiger partial charge is 0.497 e. The fraction of sp³-hybridized carbons (Fsp3) is 0.176. The fourth-order valence-electron chi connectivity index (χ4n) is 4.15. The van der Waals surface area contributed by atoms with E-state index in [-0.39, 0.29) is 22.3 Å². The van der Waals surface area contributed by atoms with Gasteiger partial charge in [-0.05, 0) is 97.1 Å². The minimum absolute atomic E-state index is 0.283. The van der Waals surface area contributed by atoms with Crippen molar-refractivity contribution in [3.05, 3.63) is 119 Å². The van der Waals surface area contributed by atoms with Crippen LogP contribution in [0.25, 0.3) is 0 Å². The number of rotatable bonds is 15. The van der Waals surface area contributed by atoms with E-state index in [2.05, 4.69) is 0 Å². The number of ether oxygens (including phenoxy) is 4. The number of carbonyl (C=O) groups excluding carboxylic acids is 4. The molecule has 0 fully saturated rings. The zero-order chi connectivity index (χ0) is 31.6. The average Bonchev–Trinajstić information content (AvgIpc) is 3.09. The first-order valence-electron chi connectivity index (χ1n) is 13.3. The molecule has 0 aromatic heterocycles. The number of ketones is 4. The zero-order valence-electron chi connectivity index (χ0n) is 24.5. The normalized spacial score (nSPS) is 10.8. The molecular formula is C34H30O8S2. The van der Waals surface area contributed by atoms with E-state index < -0.39 is 33.6 Å². The Morgan fingerprint density at radius 1 is 0.386 bits per heavy atom. The molecule has 4 aromatic carbocycles. The minimum Gasteiger partial charge on any atom is -0.497 e. The Morgan fingerprint density at radius 3 is 0.727 bits per heavy atom. The molecule has 0 saturated heterocycles. The van der Waals surface area contributed by atoms with E-state index in [1.165, 1.54) is 28.4 Å². The summed E-state index contributed by atoms with van der Waals surface area (Å²) in [6.45, 7) is 0. The molecule has 0 aliphatic rings. The van der Waals surface area contributed by atoms with Crippen molar-refractivity contribution < 1.29 is 38.1 Å². The van der Waals surface area contributed by atoms with Crippen molar-refractivity contribution in [3.63, 3.8) is 0 Å². The number of hydrogen-bond donors (Lipinski definition) is 0. The molecule has 0 saturated carbocycles. The lowest BCUT2D eigenvalue weighted by atomic mass is 10.0. The molecule has 0 bridgehead atoms. The Bertz CT molecular complexity index is 1360. The standard InChI is InChI=1S/C34H30O8S2/c1-39-25-13-5-21(6-14-25)29(35)33(30(36)22-7-15-26(40-2)16-8-22)43-44-34(31(37)23-9-17-27(41-3)18-10-23)32(38)24-11-19-28(42-4)20-12-24/h5-20,33-34H,1-4H3. The van der Waals surface area contributed by atoms with Gasteiger partial charge >= 0.3 is 0 Å². The van der Waals surface area contributed by atoms with Crippen molar-refractivity contribution in [2.75, 3.05) is 28.4 Å². The summed E-state index contributed by atoms with van der Waals surface area (Å²) in [6, 6.07) is 25.6. The highest BCUT2D eigenvalue weighted by Gasteiger charge is 2.35. The zero-order valence-corrected chi connectivity index (χ0v) is 26.1. The van der Waals surface area contributed by atoms with Crippen molar-refractivity contribution in [2.45, 2.75) is 10.5 Å². The molecule has 4 rings (SSSR count). The van der Waals surface area contributed by atoms with Crippen LogP contribution < -0.4 is 18.9 Å². The molecule has 4 aromatic rings. The lowest BCUT2D eigenvalue weighted by Crippen LogP contribution is -2.30. The maximum atomic E-state index is 13.8. The molecule has 0 N–H and O–H groups in total. The summed E-state index contributed by atoms with van der Waals surface area (Å²) >= 11 is 0. The van der Waals surface area contributed by atoms with Crippen LogP contribution >= 0.6 is 21.6 Å². The maximum Gasteiger partial charge on any atom is 0.184 e. The van der Waals surface area contributed by atoms with E-state index in [0.717, 1.165) is 21.6 Å². The SMILES string of the molecule is COc1ccc(C(=O)C(SSC(C(=O)c2ccc(OC)cc2)C(=O)c2ccc(OC)cc2)C(=O)c2ccc(OC)cc2)cc1. The Balaban J connectivity index is 1.69. The molecule has 44 heavy (non-hydrogen) atoms. The highest BCUT2D eigenvalue weighted by Crippen LogP contribution is 2.38. The van der Waals surface area contributed by atoms with Crippen LogP contribution in [0.3, 0.4) is 0 Å². The first kappa shape index (κ1) is 32.4. The third-order valence-corrected chi connectivity index (χ3v) is 9.54. The molecule has 0 aliphatic carbocycles. The summed E-state index contributed by atoms with van der Waals surface area (Å²) < 4.78 is 20.8. The molecule has 10 heteroatoms. The summed E-state index contributed by atoms with van der Waals surface area (Å²) in [5.41, 5.74) is 1.13. The molecule has 0 atom stereocenters. The number of benzene rings is 4. The summed E-state index contributed by atoms with van der Waals surface area (Å²) in [5, 5.41) is -2.53. The lowest BCUT2D eigenvalue weighted by molar-refractivity contribution is 0.0886. The Hall–Kier alpha value is -4.54. The Kier molecular flexibility index (Phi) is 11.2. The highest BCUT2D eigenvalue weighted by atomic mass is 33.1. The van der Waals surface area contributed by atoms with Crippen molar-refractivity contribution in [2.24, 2.45) is 0 Å². The van der Waals surface area contributed by atoms with Crippen LogP contribution in [0, 0.1) is 0 Å². The second-order valence-corrected chi connectivity index (χ2v) is 11.8. The van der Waals surface area contributed by atoms with Gasteiger partial charge in [0, 0.05) is 22.3 Å². The average molecular weight is 631 g/mol. The molecular weight excluding hydrogens is 601 g/mol. The van der Waals surface area contributed by atoms with Gasteiger partial charge in [-0.1, -0.05) is 21.6 Å². The van der Waals surface area contributed by atoms with Crippen LogP contribution in [0.2, 0.25) is 0 Å². The van der Waals surface area contributed by atoms with Gasteiger partial charge in [-0.25, -0.2) is 0 Å². The van der Waals surface area contributed by atoms with E-state index in [9.17, 15) is 19.2 Å². The number of hydrogen-bond acceptors (Lipinski definition) is 10. The molecule has 0 aliphatic heterocycles. The lowest BCUT2D eigenvalue weighted by Gasteiger charge is -2.19. The molecule has 0 spiro atoms. The predicted octanol–water partition coefficient (Wildman–Crippen LogP) is 6.67. The smallest absolute Gasteiger partial charge is 0.184 e. The summed E-state index contributed by atoms with van der Waals surface area (Å²) in [5.74, 6) is 0.316. The van der Waals surface area contributed by atoms with Crippen molar-refractivity contribution >= 4 is 44.7 Å². The number of carbonyl (C=O) groups is 4. The van der Waals surface area contributed by atoms with E-state index in [1.807, 2.05) is 0 Å². The third-order valence-electron chi connectivity index (χ3n) is 6.70. The van der Waals surface area contributed by atoms with Gasteiger partial charge < -0.3 is 18.9 Å². The van der Waals surface area contributed by atoms with E-state index >= 15 is 0 Å². The molecule has 0 amide bonds. The van der Waals surface area contributed by atoms with Crippen molar-refractivity contribution in [1.29, 1.82) is 0 Å². The molecule has 0 unspecified atom stereocenters. The van der Waals surface area contributed by atoms with E-state index in [1.54, 1.807) is 97.1 Å². The van der Waals surface area contributed by atoms with Crippen LogP contribution in [0.15, 0.2) is 97.1 Å². The van der Waals surface area contributed by atoms with Crippen LogP contribution in [0.4, 0.5) is 0 Å². The van der Waals surface area contributed by atoms with E-state index in [4.69, 9.17) is 18.9 Å². The van der Waals surface area contributed by atoms with Crippen LogP contribution in [-0.4, -0.2) is 62.1 Å². The van der Waals surface area contributed by atoms with Crippen LogP contribution in [0.1, 0.15) is 41.4 Å². The van der Waals surface area contributed by atoms with Gasteiger partial charge in [0.15, 0.2) is 23.1 Å². The van der Waals surface area contributed by atoms with Crippen molar-refractivity contribution in [3.8, 4) is 23.0 Å². The van der Waals surface area contributed by atoms with Crippen molar-refractivity contribution in [1.82, 2.24) is 0 Å². The number of Topliss-reactive ketones (excluding diaryl/α,β-unsaturated/α-hetero) is 4. The number of methoxy groups -OCH3 is 4. The quantitative estimate of drug-likeness (QED) is 0.0803. The second kappa shape index (κ2) is 15.3. The van der Waals surface area contributed by atoms with Gasteiger partial charge in [-0.15, -0.1) is 0 Å².